The zero-order valence-corrected chi connectivity index (χ0v) is 13.9. The Balaban J connectivity index is 1.89. The predicted octanol–water partition coefficient (Wildman–Crippen LogP) is 1.16. The van der Waals surface area contributed by atoms with Crippen LogP contribution in [0.2, 0.25) is 0 Å². The smallest absolute Gasteiger partial charge is 0.257 e. The first-order valence-corrected chi connectivity index (χ1v) is 9.75. The van der Waals surface area contributed by atoms with Gasteiger partial charge in [0, 0.05) is 19.1 Å². The third-order valence-corrected chi connectivity index (χ3v) is 6.37. The van der Waals surface area contributed by atoms with Crippen molar-refractivity contribution in [2.45, 2.75) is 25.4 Å². The van der Waals surface area contributed by atoms with E-state index in [0.29, 0.717) is 13.1 Å². The number of fused-ring (bicyclic) bond motifs is 1. The first-order chi connectivity index (χ1) is 10.9. The maximum Gasteiger partial charge on any atom is 0.257 e. The Morgan fingerprint density at radius 3 is 2.61 bits per heavy atom. The van der Waals surface area contributed by atoms with Gasteiger partial charge in [0.05, 0.1) is 23.1 Å². The number of hydrogen-bond donors (Lipinski definition) is 0. The van der Waals surface area contributed by atoms with Crippen LogP contribution in [0.15, 0.2) is 24.3 Å². The second kappa shape index (κ2) is 6.20. The predicted molar refractivity (Wildman–Crippen MR) is 85.5 cm³/mol. The van der Waals surface area contributed by atoms with Crippen molar-refractivity contribution in [1.82, 2.24) is 9.80 Å². The molecule has 3 rings (SSSR count). The van der Waals surface area contributed by atoms with Crippen molar-refractivity contribution in [2.75, 3.05) is 31.1 Å². The molecule has 2 heterocycles. The van der Waals surface area contributed by atoms with Crippen molar-refractivity contribution >= 4 is 15.7 Å². The molecule has 1 aromatic carbocycles. The summed E-state index contributed by atoms with van der Waals surface area (Å²) in [4.78, 5) is 16.4. The second-order valence-corrected chi connectivity index (χ2v) is 8.38. The van der Waals surface area contributed by atoms with Crippen molar-refractivity contribution < 1.29 is 17.6 Å². The van der Waals surface area contributed by atoms with E-state index >= 15 is 0 Å². The van der Waals surface area contributed by atoms with Gasteiger partial charge in [0.2, 0.25) is 0 Å². The molecule has 1 amide bonds. The number of sulfone groups is 1. The van der Waals surface area contributed by atoms with E-state index in [9.17, 15) is 17.6 Å². The van der Waals surface area contributed by atoms with E-state index in [1.807, 2.05) is 0 Å². The highest BCUT2D eigenvalue weighted by Crippen LogP contribution is 2.28. The molecule has 2 aliphatic rings. The van der Waals surface area contributed by atoms with Crippen molar-refractivity contribution in [3.8, 4) is 0 Å². The van der Waals surface area contributed by atoms with E-state index in [2.05, 4.69) is 11.8 Å². The van der Waals surface area contributed by atoms with Gasteiger partial charge in [0.25, 0.3) is 5.91 Å². The molecular formula is C16H21FN2O3S. The number of nitrogens with zero attached hydrogens (tertiary/aromatic N) is 2. The lowest BCUT2D eigenvalue weighted by Gasteiger charge is -2.43. The van der Waals surface area contributed by atoms with Crippen LogP contribution in [0.4, 0.5) is 4.39 Å². The highest BCUT2D eigenvalue weighted by molar-refractivity contribution is 7.91. The van der Waals surface area contributed by atoms with E-state index in [1.165, 1.54) is 18.2 Å². The molecule has 0 spiro atoms. The highest BCUT2D eigenvalue weighted by Gasteiger charge is 2.48. The van der Waals surface area contributed by atoms with Gasteiger partial charge >= 0.3 is 0 Å². The molecule has 0 saturated carbocycles. The van der Waals surface area contributed by atoms with Crippen LogP contribution in [0, 0.1) is 5.82 Å². The fourth-order valence-corrected chi connectivity index (χ4v) is 5.64. The SMILES string of the molecule is CCCN1CCN(C(=O)c2ccccc2F)[C@@H]2CS(=O)(=O)C[C@@H]21. The largest absolute Gasteiger partial charge is 0.332 e. The molecule has 0 bridgehead atoms. The summed E-state index contributed by atoms with van der Waals surface area (Å²) in [6.45, 7) is 3.93. The van der Waals surface area contributed by atoms with Gasteiger partial charge in [-0.3, -0.25) is 9.69 Å². The summed E-state index contributed by atoms with van der Waals surface area (Å²) >= 11 is 0. The molecule has 0 unspecified atom stereocenters. The Hall–Kier alpha value is -1.47. The maximum absolute atomic E-state index is 13.9. The first-order valence-electron chi connectivity index (χ1n) is 7.93. The summed E-state index contributed by atoms with van der Waals surface area (Å²) in [5.41, 5.74) is 0.0134. The fourth-order valence-electron chi connectivity index (χ4n) is 3.63. The van der Waals surface area contributed by atoms with E-state index < -0.39 is 21.6 Å². The highest BCUT2D eigenvalue weighted by atomic mass is 32.2. The minimum absolute atomic E-state index is 0.0134. The molecule has 2 aliphatic heterocycles. The molecule has 5 nitrogen and oxygen atoms in total. The summed E-state index contributed by atoms with van der Waals surface area (Å²) < 4.78 is 38.1. The van der Waals surface area contributed by atoms with Gasteiger partial charge < -0.3 is 4.90 Å². The average molecular weight is 340 g/mol. The molecule has 2 atom stereocenters. The molecule has 1 aromatic rings. The lowest BCUT2D eigenvalue weighted by atomic mass is 10.0. The molecule has 0 aromatic heterocycles. The van der Waals surface area contributed by atoms with Crippen LogP contribution in [0.1, 0.15) is 23.7 Å². The molecule has 0 aliphatic carbocycles. The van der Waals surface area contributed by atoms with Crippen molar-refractivity contribution in [3.63, 3.8) is 0 Å². The van der Waals surface area contributed by atoms with Gasteiger partial charge in [-0.1, -0.05) is 19.1 Å². The third kappa shape index (κ3) is 3.12. The fraction of sp³-hybridized carbons (Fsp3) is 0.562. The summed E-state index contributed by atoms with van der Waals surface area (Å²) in [5.74, 6) is -0.922. The van der Waals surface area contributed by atoms with Crippen LogP contribution >= 0.6 is 0 Å². The summed E-state index contributed by atoms with van der Waals surface area (Å²) in [5, 5.41) is 0. The Labute approximate surface area is 136 Å². The van der Waals surface area contributed by atoms with Gasteiger partial charge in [-0.2, -0.15) is 0 Å². The van der Waals surface area contributed by atoms with Crippen LogP contribution < -0.4 is 0 Å². The quantitative estimate of drug-likeness (QED) is 0.829. The summed E-state index contributed by atoms with van der Waals surface area (Å²) in [6, 6.07) is 5.30. The van der Waals surface area contributed by atoms with Gasteiger partial charge in [0.1, 0.15) is 5.82 Å². The van der Waals surface area contributed by atoms with E-state index in [-0.39, 0.29) is 29.2 Å². The summed E-state index contributed by atoms with van der Waals surface area (Å²) in [6.07, 6.45) is 0.935. The average Bonchev–Trinajstić information content (AvgIpc) is 2.83. The van der Waals surface area contributed by atoms with Crippen LogP contribution in [0.5, 0.6) is 0 Å². The number of halogens is 1. The minimum Gasteiger partial charge on any atom is -0.332 e. The van der Waals surface area contributed by atoms with Crippen LogP contribution in [-0.4, -0.2) is 67.3 Å². The lowest BCUT2D eigenvalue weighted by molar-refractivity contribution is 0.0329. The van der Waals surface area contributed by atoms with Gasteiger partial charge in [-0.15, -0.1) is 0 Å². The van der Waals surface area contributed by atoms with E-state index in [0.717, 1.165) is 13.0 Å². The summed E-state index contributed by atoms with van der Waals surface area (Å²) in [7, 11) is -3.17. The molecule has 2 saturated heterocycles. The van der Waals surface area contributed by atoms with Crippen molar-refractivity contribution in [3.05, 3.63) is 35.6 Å². The van der Waals surface area contributed by atoms with E-state index in [4.69, 9.17) is 0 Å². The number of piperazine rings is 1. The minimum atomic E-state index is -3.17. The topological polar surface area (TPSA) is 57.7 Å². The number of hydrogen-bond acceptors (Lipinski definition) is 4. The van der Waals surface area contributed by atoms with Gasteiger partial charge in [-0.05, 0) is 25.1 Å². The van der Waals surface area contributed by atoms with Crippen molar-refractivity contribution in [1.29, 1.82) is 0 Å². The van der Waals surface area contributed by atoms with Crippen LogP contribution in [0.25, 0.3) is 0 Å². The number of benzene rings is 1. The Morgan fingerprint density at radius 2 is 1.91 bits per heavy atom. The molecule has 126 valence electrons. The molecular weight excluding hydrogens is 319 g/mol. The normalized spacial score (nSPS) is 27.0. The van der Waals surface area contributed by atoms with Gasteiger partial charge in [-0.25, -0.2) is 12.8 Å². The van der Waals surface area contributed by atoms with Gasteiger partial charge in [0.15, 0.2) is 9.84 Å². The number of rotatable bonds is 3. The molecule has 0 N–H and O–H groups in total. The molecule has 23 heavy (non-hydrogen) atoms. The molecule has 2 fully saturated rings. The zero-order chi connectivity index (χ0) is 16.6. The lowest BCUT2D eigenvalue weighted by Crippen LogP contribution is -2.60. The monoisotopic (exact) mass is 340 g/mol. The second-order valence-electron chi connectivity index (χ2n) is 6.23. The number of carbonyl (C=O) groups excluding carboxylic acids is 1. The Kier molecular flexibility index (Phi) is 4.42. The number of carbonyl (C=O) groups is 1. The van der Waals surface area contributed by atoms with E-state index in [1.54, 1.807) is 11.0 Å². The Bertz CT molecular complexity index is 707. The Morgan fingerprint density at radius 1 is 1.22 bits per heavy atom. The van der Waals surface area contributed by atoms with Crippen LogP contribution in [0.3, 0.4) is 0 Å². The molecule has 7 heteroatoms. The standard InChI is InChI=1S/C16H21FN2O3S/c1-2-7-18-8-9-19(15-11-23(21,22)10-14(15)18)16(20)12-5-3-4-6-13(12)17/h3-6,14-15H,2,7-11H2,1H3/t14-,15+/m0/s1. The van der Waals surface area contributed by atoms with Crippen molar-refractivity contribution in [2.24, 2.45) is 0 Å². The third-order valence-electron chi connectivity index (χ3n) is 4.67. The van der Waals surface area contributed by atoms with Crippen LogP contribution in [-0.2, 0) is 9.84 Å². The number of amides is 1. The first kappa shape index (κ1) is 16.4. The maximum atomic E-state index is 13.9. The zero-order valence-electron chi connectivity index (χ0n) is 13.1. The molecule has 0 radical (unpaired) electrons.